The molecule has 0 spiro atoms. The summed E-state index contributed by atoms with van der Waals surface area (Å²) in [5.41, 5.74) is -0.704. The highest BCUT2D eigenvalue weighted by atomic mass is 16.7. The van der Waals surface area contributed by atoms with E-state index >= 15 is 0 Å². The van der Waals surface area contributed by atoms with Gasteiger partial charge in [-0.05, 0) is 32.1 Å². The van der Waals surface area contributed by atoms with Crippen LogP contribution in [0.15, 0.2) is 21.9 Å². The van der Waals surface area contributed by atoms with Gasteiger partial charge in [-0.1, -0.05) is 0 Å². The Morgan fingerprint density at radius 1 is 1.47 bits per heavy atom. The number of H-pyrrole nitrogens is 1. The highest BCUT2D eigenvalue weighted by Crippen LogP contribution is 2.46. The molecule has 0 amide bonds. The zero-order chi connectivity index (χ0) is 13.6. The maximum Gasteiger partial charge on any atom is 0.328 e. The van der Waals surface area contributed by atoms with Gasteiger partial charge in [0, 0.05) is 18.8 Å². The molecular formula is C13H18N2O4. The summed E-state index contributed by atoms with van der Waals surface area (Å²) < 4.78 is 12.9. The van der Waals surface area contributed by atoms with E-state index in [4.69, 9.17) is 9.47 Å². The quantitative estimate of drug-likeness (QED) is 0.855. The van der Waals surface area contributed by atoms with Gasteiger partial charge in [0.2, 0.25) is 0 Å². The molecule has 104 valence electrons. The van der Waals surface area contributed by atoms with Gasteiger partial charge in [-0.15, -0.1) is 0 Å². The first-order valence-corrected chi connectivity index (χ1v) is 6.56. The molecule has 1 aliphatic carbocycles. The minimum atomic E-state index is -0.493. The number of aromatic nitrogens is 2. The number of nitrogens with zero attached hydrogens (tertiary/aromatic N) is 1. The number of aromatic amines is 1. The molecule has 6 nitrogen and oxygen atoms in total. The van der Waals surface area contributed by atoms with Crippen molar-refractivity contribution < 1.29 is 9.47 Å². The van der Waals surface area contributed by atoms with Crippen molar-refractivity contribution in [2.24, 2.45) is 11.8 Å². The number of hydrogen-bond acceptors (Lipinski definition) is 4. The van der Waals surface area contributed by atoms with Crippen molar-refractivity contribution in [3.8, 4) is 0 Å². The van der Waals surface area contributed by atoms with Gasteiger partial charge in [0.25, 0.3) is 5.56 Å². The maximum absolute atomic E-state index is 11.6. The van der Waals surface area contributed by atoms with Crippen LogP contribution >= 0.6 is 0 Å². The molecule has 3 rings (SSSR count). The molecule has 1 aliphatic heterocycles. The number of hydrogen-bond donors (Lipinski definition) is 1. The Morgan fingerprint density at radius 3 is 2.89 bits per heavy atom. The maximum atomic E-state index is 11.6. The van der Waals surface area contributed by atoms with E-state index < -0.39 is 5.79 Å². The molecule has 2 aliphatic rings. The standard InChI is InChI=1S/C13H18N2O4/c1-13(2)18-7-10(19-13)9-5-8(9)6-15-4-3-11(16)14-12(15)17/h3-4,8-10H,5-7H2,1-2H3,(H,14,16,17)/t8-,9-,10-/m1/s1. The minimum Gasteiger partial charge on any atom is -0.348 e. The monoisotopic (exact) mass is 266 g/mol. The van der Waals surface area contributed by atoms with E-state index in [-0.39, 0.29) is 17.4 Å². The Morgan fingerprint density at radius 2 is 2.26 bits per heavy atom. The first kappa shape index (κ1) is 12.6. The summed E-state index contributed by atoms with van der Waals surface area (Å²) in [5.74, 6) is 0.374. The third-order valence-corrected chi connectivity index (χ3v) is 3.81. The highest BCUT2D eigenvalue weighted by molar-refractivity contribution is 4.95. The van der Waals surface area contributed by atoms with Gasteiger partial charge in [-0.3, -0.25) is 9.78 Å². The molecule has 1 N–H and O–H groups in total. The van der Waals surface area contributed by atoms with Crippen LogP contribution in [0.3, 0.4) is 0 Å². The summed E-state index contributed by atoms with van der Waals surface area (Å²) >= 11 is 0. The Bertz CT molecular complexity index is 589. The van der Waals surface area contributed by atoms with Crippen molar-refractivity contribution in [1.82, 2.24) is 9.55 Å². The molecule has 1 aromatic rings. The minimum absolute atomic E-state index is 0.124. The zero-order valence-corrected chi connectivity index (χ0v) is 11.1. The summed E-state index contributed by atoms with van der Waals surface area (Å²) in [6.07, 6.45) is 2.71. The van der Waals surface area contributed by atoms with E-state index in [1.54, 1.807) is 10.8 Å². The molecule has 19 heavy (non-hydrogen) atoms. The van der Waals surface area contributed by atoms with Gasteiger partial charge in [-0.25, -0.2) is 4.79 Å². The van der Waals surface area contributed by atoms with Crippen molar-refractivity contribution in [2.75, 3.05) is 6.61 Å². The molecule has 6 heteroatoms. The van der Waals surface area contributed by atoms with Crippen LogP contribution in [0.4, 0.5) is 0 Å². The van der Waals surface area contributed by atoms with Gasteiger partial charge in [-0.2, -0.15) is 0 Å². The lowest BCUT2D eigenvalue weighted by molar-refractivity contribution is -0.141. The molecule has 3 atom stereocenters. The van der Waals surface area contributed by atoms with Crippen molar-refractivity contribution in [2.45, 2.75) is 38.7 Å². The molecule has 0 aromatic carbocycles. The van der Waals surface area contributed by atoms with Crippen molar-refractivity contribution in [1.29, 1.82) is 0 Å². The SMILES string of the molecule is CC1(C)OC[C@H]([C@@H]2C[C@@H]2Cn2ccc(=O)[nH]c2=O)O1. The summed E-state index contributed by atoms with van der Waals surface area (Å²) in [5, 5.41) is 0. The third kappa shape index (κ3) is 2.64. The van der Waals surface area contributed by atoms with Gasteiger partial charge < -0.3 is 14.0 Å². The van der Waals surface area contributed by atoms with E-state index in [0.717, 1.165) is 6.42 Å². The average Bonchev–Trinajstić information content (AvgIpc) is 2.99. The van der Waals surface area contributed by atoms with Gasteiger partial charge in [0.05, 0.1) is 12.7 Å². The third-order valence-electron chi connectivity index (χ3n) is 3.81. The fourth-order valence-corrected chi connectivity index (χ4v) is 2.70. The second-order valence-corrected chi connectivity index (χ2v) is 5.79. The summed E-state index contributed by atoms with van der Waals surface area (Å²) in [4.78, 5) is 24.8. The summed E-state index contributed by atoms with van der Waals surface area (Å²) in [7, 11) is 0. The number of ether oxygens (including phenoxy) is 2. The first-order valence-electron chi connectivity index (χ1n) is 6.56. The van der Waals surface area contributed by atoms with Gasteiger partial charge in [0.1, 0.15) is 0 Å². The fourth-order valence-electron chi connectivity index (χ4n) is 2.70. The molecule has 1 aromatic heterocycles. The molecule has 0 unspecified atom stereocenters. The van der Waals surface area contributed by atoms with Crippen LogP contribution in [0.1, 0.15) is 20.3 Å². The van der Waals surface area contributed by atoms with Crippen molar-refractivity contribution >= 4 is 0 Å². The molecular weight excluding hydrogens is 248 g/mol. The number of nitrogens with one attached hydrogen (secondary N) is 1. The van der Waals surface area contributed by atoms with Crippen molar-refractivity contribution in [3.05, 3.63) is 33.1 Å². The van der Waals surface area contributed by atoms with Crippen LogP contribution in [0, 0.1) is 11.8 Å². The van der Waals surface area contributed by atoms with E-state index in [0.29, 0.717) is 25.0 Å². The molecule has 1 saturated carbocycles. The van der Waals surface area contributed by atoms with Crippen LogP contribution < -0.4 is 11.2 Å². The van der Waals surface area contributed by atoms with Crippen LogP contribution in [0.2, 0.25) is 0 Å². The van der Waals surface area contributed by atoms with Gasteiger partial charge >= 0.3 is 5.69 Å². The molecule has 0 radical (unpaired) electrons. The van der Waals surface area contributed by atoms with E-state index in [1.807, 2.05) is 13.8 Å². The molecule has 2 fully saturated rings. The largest absolute Gasteiger partial charge is 0.348 e. The van der Waals surface area contributed by atoms with Gasteiger partial charge in [0.15, 0.2) is 5.79 Å². The predicted molar refractivity (Wildman–Crippen MR) is 67.8 cm³/mol. The lowest BCUT2D eigenvalue weighted by atomic mass is 10.2. The molecule has 0 bridgehead atoms. The smallest absolute Gasteiger partial charge is 0.328 e. The second kappa shape index (κ2) is 4.31. The Balaban J connectivity index is 1.62. The Kier molecular flexibility index (Phi) is 2.87. The predicted octanol–water partition coefficient (Wildman–Crippen LogP) is 0.324. The average molecular weight is 266 g/mol. The molecule has 1 saturated heterocycles. The van der Waals surface area contributed by atoms with Crippen molar-refractivity contribution in [3.63, 3.8) is 0 Å². The first-order chi connectivity index (χ1) is 8.94. The Labute approximate surface area is 110 Å². The lowest BCUT2D eigenvalue weighted by Crippen LogP contribution is -2.29. The van der Waals surface area contributed by atoms with E-state index in [2.05, 4.69) is 4.98 Å². The number of rotatable bonds is 3. The highest BCUT2D eigenvalue weighted by Gasteiger charge is 2.48. The topological polar surface area (TPSA) is 73.3 Å². The summed E-state index contributed by atoms with van der Waals surface area (Å²) in [6.45, 7) is 5.07. The van der Waals surface area contributed by atoms with Crippen LogP contribution in [-0.2, 0) is 16.0 Å². The normalized spacial score (nSPS) is 32.4. The van der Waals surface area contributed by atoms with E-state index in [9.17, 15) is 9.59 Å². The van der Waals surface area contributed by atoms with E-state index in [1.165, 1.54) is 6.07 Å². The van der Waals surface area contributed by atoms with Crippen LogP contribution in [0.5, 0.6) is 0 Å². The zero-order valence-electron chi connectivity index (χ0n) is 11.1. The Hall–Kier alpha value is -1.40. The fraction of sp³-hybridized carbons (Fsp3) is 0.692. The van der Waals surface area contributed by atoms with Crippen LogP contribution in [0.25, 0.3) is 0 Å². The lowest BCUT2D eigenvalue weighted by Gasteiger charge is -2.17. The second-order valence-electron chi connectivity index (χ2n) is 5.79. The summed E-state index contributed by atoms with van der Waals surface area (Å²) in [6, 6.07) is 1.37. The van der Waals surface area contributed by atoms with Crippen LogP contribution in [-0.4, -0.2) is 28.0 Å². The molecule has 2 heterocycles.